The Labute approximate surface area is 159 Å². The summed E-state index contributed by atoms with van der Waals surface area (Å²) in [5.41, 5.74) is 9.02. The molecule has 3 heterocycles. The minimum atomic E-state index is -0.332. The van der Waals surface area contributed by atoms with Gasteiger partial charge in [0, 0.05) is 6.42 Å². The van der Waals surface area contributed by atoms with Crippen LogP contribution in [0.2, 0.25) is 0 Å². The first-order valence-electron chi connectivity index (χ1n) is 8.44. The number of carbonyl (C=O) groups is 1. The maximum atomic E-state index is 14.0. The standard InChI is InChI=1S/C18H18FN5O2S/c1-8-15-13(24-17(20)22-8)6-12(23-16(15)25)10-4-3-9(19)5-11(10)14-7-21-18(26-2)27-14/h3-5,12,14H,6-7H2,1-2H3,(H,23,25)(H2,20,22,24)/t12-,14?/m1/s1. The second-order valence-corrected chi connectivity index (χ2v) is 7.56. The van der Waals surface area contributed by atoms with Crippen LogP contribution in [0.15, 0.2) is 23.2 Å². The number of nitrogen functional groups attached to an aromatic ring is 1. The number of aryl methyl sites for hydroxylation is 1. The number of anilines is 1. The van der Waals surface area contributed by atoms with Gasteiger partial charge in [0.15, 0.2) is 0 Å². The summed E-state index contributed by atoms with van der Waals surface area (Å²) in [5.74, 6) is -0.435. The predicted octanol–water partition coefficient (Wildman–Crippen LogP) is 2.32. The van der Waals surface area contributed by atoms with E-state index in [9.17, 15) is 9.18 Å². The number of methoxy groups -OCH3 is 1. The van der Waals surface area contributed by atoms with Crippen LogP contribution < -0.4 is 11.1 Å². The van der Waals surface area contributed by atoms with Gasteiger partial charge in [-0.3, -0.25) is 4.79 Å². The molecule has 0 spiro atoms. The van der Waals surface area contributed by atoms with Crippen molar-refractivity contribution >= 4 is 28.8 Å². The maximum absolute atomic E-state index is 14.0. The lowest BCUT2D eigenvalue weighted by Crippen LogP contribution is -2.37. The summed E-state index contributed by atoms with van der Waals surface area (Å²) in [4.78, 5) is 25.3. The van der Waals surface area contributed by atoms with Crippen LogP contribution in [0.3, 0.4) is 0 Å². The Balaban J connectivity index is 1.71. The molecule has 0 bridgehead atoms. The van der Waals surface area contributed by atoms with E-state index in [0.717, 1.165) is 11.1 Å². The maximum Gasteiger partial charge on any atom is 0.255 e. The summed E-state index contributed by atoms with van der Waals surface area (Å²) in [7, 11) is 1.56. The minimum Gasteiger partial charge on any atom is -0.476 e. The Kier molecular flexibility index (Phi) is 4.47. The number of thioether (sulfide) groups is 1. The topological polar surface area (TPSA) is 102 Å². The third-order valence-electron chi connectivity index (χ3n) is 4.69. The van der Waals surface area contributed by atoms with Crippen molar-refractivity contribution in [3.05, 3.63) is 52.1 Å². The molecule has 0 saturated heterocycles. The molecule has 27 heavy (non-hydrogen) atoms. The summed E-state index contributed by atoms with van der Waals surface area (Å²) < 4.78 is 19.2. The normalized spacial score (nSPS) is 21.4. The van der Waals surface area contributed by atoms with Gasteiger partial charge in [-0.15, -0.1) is 0 Å². The number of carbonyl (C=O) groups excluding carboxylic acids is 1. The smallest absolute Gasteiger partial charge is 0.255 e. The Bertz CT molecular complexity index is 965. The number of nitrogens with two attached hydrogens (primary N) is 1. The van der Waals surface area contributed by atoms with E-state index >= 15 is 0 Å². The van der Waals surface area contributed by atoms with Gasteiger partial charge >= 0.3 is 0 Å². The Morgan fingerprint density at radius 1 is 1.33 bits per heavy atom. The average Bonchev–Trinajstić information content (AvgIpc) is 3.09. The van der Waals surface area contributed by atoms with Gasteiger partial charge in [0.05, 0.1) is 41.9 Å². The molecule has 0 radical (unpaired) electrons. The monoisotopic (exact) mass is 387 g/mol. The van der Waals surface area contributed by atoms with Crippen LogP contribution in [-0.2, 0) is 11.2 Å². The summed E-state index contributed by atoms with van der Waals surface area (Å²) in [6.45, 7) is 2.23. The van der Waals surface area contributed by atoms with Crippen LogP contribution >= 0.6 is 11.8 Å². The fourth-order valence-electron chi connectivity index (χ4n) is 3.53. The van der Waals surface area contributed by atoms with Crippen LogP contribution in [-0.4, -0.2) is 34.8 Å². The lowest BCUT2D eigenvalue weighted by Gasteiger charge is -2.28. The van der Waals surface area contributed by atoms with E-state index in [1.807, 2.05) is 0 Å². The van der Waals surface area contributed by atoms with Gasteiger partial charge in [-0.25, -0.2) is 19.4 Å². The highest BCUT2D eigenvalue weighted by atomic mass is 32.2. The number of nitrogens with zero attached hydrogens (tertiary/aromatic N) is 3. The van der Waals surface area contributed by atoms with Crippen molar-refractivity contribution in [1.82, 2.24) is 15.3 Å². The van der Waals surface area contributed by atoms with Gasteiger partial charge in [-0.05, 0) is 30.2 Å². The first kappa shape index (κ1) is 17.7. The number of benzene rings is 1. The van der Waals surface area contributed by atoms with Gasteiger partial charge in [-0.1, -0.05) is 17.8 Å². The number of nitrogens with one attached hydrogen (secondary N) is 1. The molecule has 0 aliphatic carbocycles. The summed E-state index contributed by atoms with van der Waals surface area (Å²) in [6, 6.07) is 4.28. The molecule has 3 N–H and O–H groups in total. The van der Waals surface area contributed by atoms with Crippen molar-refractivity contribution in [1.29, 1.82) is 0 Å². The van der Waals surface area contributed by atoms with Crippen molar-refractivity contribution in [2.24, 2.45) is 4.99 Å². The van der Waals surface area contributed by atoms with Gasteiger partial charge in [0.2, 0.25) is 11.2 Å². The second kappa shape index (κ2) is 6.80. The molecule has 2 aliphatic heterocycles. The number of halogens is 1. The van der Waals surface area contributed by atoms with Crippen molar-refractivity contribution in [2.45, 2.75) is 24.6 Å². The lowest BCUT2D eigenvalue weighted by molar-refractivity contribution is 0.0922. The molecule has 0 fully saturated rings. The van der Waals surface area contributed by atoms with Crippen LogP contribution in [0.25, 0.3) is 0 Å². The number of aliphatic imine (C=N–C) groups is 1. The number of fused-ring (bicyclic) bond motifs is 1. The Hall–Kier alpha value is -2.68. The number of rotatable bonds is 2. The zero-order valence-corrected chi connectivity index (χ0v) is 15.6. The lowest BCUT2D eigenvalue weighted by atomic mass is 9.90. The van der Waals surface area contributed by atoms with E-state index in [1.54, 1.807) is 20.1 Å². The van der Waals surface area contributed by atoms with Crippen LogP contribution in [0.1, 0.15) is 44.2 Å². The second-order valence-electron chi connectivity index (χ2n) is 6.41. The predicted molar refractivity (Wildman–Crippen MR) is 101 cm³/mol. The highest BCUT2D eigenvalue weighted by Crippen LogP contribution is 2.40. The van der Waals surface area contributed by atoms with E-state index in [1.165, 1.54) is 23.9 Å². The molecule has 1 aromatic carbocycles. The van der Waals surface area contributed by atoms with Crippen LogP contribution in [0.4, 0.5) is 10.3 Å². The molecule has 1 unspecified atom stereocenters. The van der Waals surface area contributed by atoms with Gasteiger partial charge in [0.25, 0.3) is 5.91 Å². The quantitative estimate of drug-likeness (QED) is 0.820. The molecule has 9 heteroatoms. The summed E-state index contributed by atoms with van der Waals surface area (Å²) in [5, 5.41) is 3.50. The average molecular weight is 387 g/mol. The molecular weight excluding hydrogens is 369 g/mol. The minimum absolute atomic E-state index is 0.0684. The fraction of sp³-hybridized carbons (Fsp3) is 0.333. The Morgan fingerprint density at radius 2 is 2.15 bits per heavy atom. The number of aromatic nitrogens is 2. The van der Waals surface area contributed by atoms with E-state index in [0.29, 0.717) is 35.1 Å². The number of hydrogen-bond acceptors (Lipinski definition) is 7. The van der Waals surface area contributed by atoms with Crippen LogP contribution in [0, 0.1) is 12.7 Å². The number of hydrogen-bond donors (Lipinski definition) is 2. The summed E-state index contributed by atoms with van der Waals surface area (Å²) in [6.07, 6.45) is 0.461. The fourth-order valence-corrected chi connectivity index (χ4v) is 4.50. The van der Waals surface area contributed by atoms with Crippen molar-refractivity contribution in [3.8, 4) is 0 Å². The van der Waals surface area contributed by atoms with Crippen molar-refractivity contribution in [3.63, 3.8) is 0 Å². The molecule has 2 aromatic rings. The van der Waals surface area contributed by atoms with Gasteiger partial charge in [0.1, 0.15) is 5.82 Å². The molecule has 4 rings (SSSR count). The number of amides is 1. The SMILES string of the molecule is COC1=NCC(c2cc(F)ccc2[C@H]2Cc3nc(N)nc(C)c3C(=O)N2)S1. The van der Waals surface area contributed by atoms with E-state index in [4.69, 9.17) is 10.5 Å². The highest BCUT2D eigenvalue weighted by molar-refractivity contribution is 8.14. The van der Waals surface area contributed by atoms with Crippen molar-refractivity contribution in [2.75, 3.05) is 19.4 Å². The van der Waals surface area contributed by atoms with E-state index in [2.05, 4.69) is 20.3 Å². The number of ether oxygens (including phenoxy) is 1. The zero-order chi connectivity index (χ0) is 19.1. The Morgan fingerprint density at radius 3 is 2.89 bits per heavy atom. The van der Waals surface area contributed by atoms with Crippen molar-refractivity contribution < 1.29 is 13.9 Å². The van der Waals surface area contributed by atoms with E-state index in [-0.39, 0.29) is 29.0 Å². The molecule has 1 aromatic heterocycles. The molecule has 2 atom stereocenters. The molecule has 0 saturated carbocycles. The van der Waals surface area contributed by atoms with Gasteiger partial charge < -0.3 is 15.8 Å². The van der Waals surface area contributed by atoms with E-state index < -0.39 is 0 Å². The zero-order valence-electron chi connectivity index (χ0n) is 14.8. The highest BCUT2D eigenvalue weighted by Gasteiger charge is 2.33. The first-order chi connectivity index (χ1) is 13.0. The largest absolute Gasteiger partial charge is 0.476 e. The molecular formula is C18H18FN5O2S. The molecule has 7 nitrogen and oxygen atoms in total. The molecule has 1 amide bonds. The van der Waals surface area contributed by atoms with Gasteiger partial charge in [-0.2, -0.15) is 0 Å². The first-order valence-corrected chi connectivity index (χ1v) is 9.32. The van der Waals surface area contributed by atoms with Crippen LogP contribution in [0.5, 0.6) is 0 Å². The molecule has 140 valence electrons. The molecule has 2 aliphatic rings. The summed E-state index contributed by atoms with van der Waals surface area (Å²) >= 11 is 1.44. The third kappa shape index (κ3) is 3.23. The third-order valence-corrected chi connectivity index (χ3v) is 5.87.